The number of nitrogens with one attached hydrogen (secondary N) is 1. The zero-order chi connectivity index (χ0) is 17.0. The Labute approximate surface area is 134 Å². The van der Waals surface area contributed by atoms with E-state index >= 15 is 0 Å². The quantitative estimate of drug-likeness (QED) is 0.815. The molecule has 2 fully saturated rings. The van der Waals surface area contributed by atoms with Gasteiger partial charge in [-0.1, -0.05) is 32.9 Å². The summed E-state index contributed by atoms with van der Waals surface area (Å²) in [5, 5.41) is 10.6. The van der Waals surface area contributed by atoms with Gasteiger partial charge in [0.05, 0.1) is 11.0 Å². The molecule has 0 radical (unpaired) electrons. The minimum atomic E-state index is -0.683. The minimum absolute atomic E-state index is 0.0235. The fourth-order valence-corrected chi connectivity index (χ4v) is 3.75. The van der Waals surface area contributed by atoms with Crippen LogP contribution in [0.15, 0.2) is 24.3 Å². The molecule has 0 spiro atoms. The third-order valence-electron chi connectivity index (χ3n) is 5.78. The Morgan fingerprint density at radius 1 is 1.26 bits per heavy atom. The lowest BCUT2D eigenvalue weighted by Crippen LogP contribution is -2.63. The third-order valence-corrected chi connectivity index (χ3v) is 5.78. The molecule has 0 unspecified atom stereocenters. The van der Waals surface area contributed by atoms with Crippen LogP contribution in [0.3, 0.4) is 0 Å². The van der Waals surface area contributed by atoms with Crippen LogP contribution in [-0.4, -0.2) is 27.8 Å². The number of imide groups is 1. The summed E-state index contributed by atoms with van der Waals surface area (Å²) >= 11 is 0. The standard InChI is InChI=1S/C17H20N2O4/c1-16(2)11-8-9-17(16,3)15(23)19(14(11)22)18-13(21)10-6-4-5-7-12(10)20/h4-7,11,20H,8-9H2,1-3H3,(H,18,21)/t11-,17-/m0/s1. The van der Waals surface area contributed by atoms with Gasteiger partial charge in [-0.3, -0.25) is 19.8 Å². The van der Waals surface area contributed by atoms with Crippen LogP contribution in [0.1, 0.15) is 44.0 Å². The number of rotatable bonds is 2. The van der Waals surface area contributed by atoms with E-state index < -0.39 is 16.7 Å². The first-order chi connectivity index (χ1) is 10.7. The summed E-state index contributed by atoms with van der Waals surface area (Å²) in [5.74, 6) is -1.93. The summed E-state index contributed by atoms with van der Waals surface area (Å²) in [6.45, 7) is 5.71. The molecule has 0 aromatic heterocycles. The van der Waals surface area contributed by atoms with E-state index in [2.05, 4.69) is 5.43 Å². The first-order valence-corrected chi connectivity index (χ1v) is 7.67. The van der Waals surface area contributed by atoms with E-state index in [4.69, 9.17) is 0 Å². The van der Waals surface area contributed by atoms with Gasteiger partial charge < -0.3 is 5.11 Å². The van der Waals surface area contributed by atoms with Crippen LogP contribution in [0.25, 0.3) is 0 Å². The van der Waals surface area contributed by atoms with Crippen molar-refractivity contribution in [3.05, 3.63) is 29.8 Å². The third kappa shape index (κ3) is 1.97. The van der Waals surface area contributed by atoms with Gasteiger partial charge in [0.2, 0.25) is 0 Å². The molecule has 2 atom stereocenters. The van der Waals surface area contributed by atoms with E-state index in [1.165, 1.54) is 12.1 Å². The molecule has 1 aliphatic carbocycles. The monoisotopic (exact) mass is 316 g/mol. The molecule has 3 rings (SSSR count). The first-order valence-electron chi connectivity index (χ1n) is 7.67. The molecule has 2 bridgehead atoms. The van der Waals surface area contributed by atoms with Crippen molar-refractivity contribution in [2.75, 3.05) is 0 Å². The SMILES string of the molecule is CC1(C)[C@H]2CC[C@@]1(C)C(=O)N(NC(=O)c1ccccc1O)C2=O. The van der Waals surface area contributed by atoms with Crippen LogP contribution in [0, 0.1) is 16.7 Å². The number of benzene rings is 1. The summed E-state index contributed by atoms with van der Waals surface area (Å²) in [6, 6.07) is 6.00. The van der Waals surface area contributed by atoms with Crippen LogP contribution in [0.2, 0.25) is 0 Å². The van der Waals surface area contributed by atoms with E-state index in [9.17, 15) is 19.5 Å². The molecule has 23 heavy (non-hydrogen) atoms. The summed E-state index contributed by atoms with van der Waals surface area (Å²) < 4.78 is 0. The zero-order valence-electron chi connectivity index (χ0n) is 13.4. The van der Waals surface area contributed by atoms with Crippen molar-refractivity contribution in [1.29, 1.82) is 0 Å². The maximum Gasteiger partial charge on any atom is 0.274 e. The van der Waals surface area contributed by atoms with Crippen LogP contribution in [-0.2, 0) is 9.59 Å². The largest absolute Gasteiger partial charge is 0.507 e. The maximum absolute atomic E-state index is 12.8. The highest BCUT2D eigenvalue weighted by Crippen LogP contribution is 2.59. The Morgan fingerprint density at radius 2 is 1.91 bits per heavy atom. The van der Waals surface area contributed by atoms with Crippen LogP contribution in [0.4, 0.5) is 0 Å². The van der Waals surface area contributed by atoms with Gasteiger partial charge in [0.15, 0.2) is 0 Å². The average Bonchev–Trinajstić information content (AvgIpc) is 2.69. The highest BCUT2D eigenvalue weighted by molar-refractivity contribution is 6.07. The van der Waals surface area contributed by atoms with Gasteiger partial charge in [-0.25, -0.2) is 0 Å². The Balaban J connectivity index is 1.90. The van der Waals surface area contributed by atoms with Gasteiger partial charge in [0, 0.05) is 5.92 Å². The van der Waals surface area contributed by atoms with Crippen molar-refractivity contribution in [2.24, 2.45) is 16.7 Å². The van der Waals surface area contributed by atoms with Crippen molar-refractivity contribution in [1.82, 2.24) is 10.4 Å². The van der Waals surface area contributed by atoms with Crippen LogP contribution < -0.4 is 5.43 Å². The Morgan fingerprint density at radius 3 is 2.57 bits per heavy atom. The molecule has 1 aromatic carbocycles. The number of carbonyl (C=O) groups excluding carboxylic acids is 3. The Bertz CT molecular complexity index is 712. The number of phenols is 1. The number of aromatic hydroxyl groups is 1. The molecule has 1 aliphatic heterocycles. The van der Waals surface area contributed by atoms with Gasteiger partial charge in [-0.05, 0) is 30.4 Å². The number of amides is 3. The number of carbonyl (C=O) groups is 3. The Kier molecular flexibility index (Phi) is 3.25. The van der Waals surface area contributed by atoms with E-state index in [0.717, 1.165) is 5.01 Å². The summed E-state index contributed by atoms with van der Waals surface area (Å²) in [4.78, 5) is 37.7. The van der Waals surface area contributed by atoms with Crippen molar-refractivity contribution < 1.29 is 19.5 Å². The van der Waals surface area contributed by atoms with Crippen LogP contribution >= 0.6 is 0 Å². The molecule has 1 saturated carbocycles. The number of para-hydroxylation sites is 1. The lowest BCUT2D eigenvalue weighted by atomic mass is 9.63. The van der Waals surface area contributed by atoms with Gasteiger partial charge in [0.25, 0.3) is 17.7 Å². The first kappa shape index (κ1) is 15.5. The molecule has 1 heterocycles. The molecule has 122 valence electrons. The van der Waals surface area contributed by atoms with Crippen molar-refractivity contribution in [2.45, 2.75) is 33.6 Å². The highest BCUT2D eigenvalue weighted by Gasteiger charge is 2.64. The van der Waals surface area contributed by atoms with Gasteiger partial charge in [0.1, 0.15) is 5.75 Å². The number of nitrogens with zero attached hydrogens (tertiary/aromatic N) is 1. The smallest absolute Gasteiger partial charge is 0.274 e. The molecule has 1 saturated heterocycles. The lowest BCUT2D eigenvalue weighted by Gasteiger charge is -2.47. The number of fused-ring (bicyclic) bond motifs is 2. The average molecular weight is 316 g/mol. The zero-order valence-corrected chi connectivity index (χ0v) is 13.4. The molecule has 6 nitrogen and oxygen atoms in total. The van der Waals surface area contributed by atoms with Crippen LogP contribution in [0.5, 0.6) is 5.75 Å². The minimum Gasteiger partial charge on any atom is -0.507 e. The summed E-state index contributed by atoms with van der Waals surface area (Å²) in [7, 11) is 0. The lowest BCUT2D eigenvalue weighted by molar-refractivity contribution is -0.171. The number of hydrogen-bond donors (Lipinski definition) is 2. The molecule has 2 aliphatic rings. The molecule has 6 heteroatoms. The van der Waals surface area contributed by atoms with E-state index in [1.807, 2.05) is 20.8 Å². The number of piperidine rings is 1. The predicted octanol–water partition coefficient (Wildman–Crippen LogP) is 1.85. The highest BCUT2D eigenvalue weighted by atomic mass is 16.3. The van der Waals surface area contributed by atoms with Crippen molar-refractivity contribution >= 4 is 17.7 Å². The fourth-order valence-electron chi connectivity index (χ4n) is 3.75. The second-order valence-corrected chi connectivity index (χ2v) is 7.08. The van der Waals surface area contributed by atoms with Crippen molar-refractivity contribution in [3.8, 4) is 5.75 Å². The molecule has 2 N–H and O–H groups in total. The Hall–Kier alpha value is -2.37. The van der Waals surface area contributed by atoms with Gasteiger partial charge in [-0.2, -0.15) is 5.01 Å². The number of hydrogen-bond acceptors (Lipinski definition) is 4. The maximum atomic E-state index is 12.8. The molecular formula is C17H20N2O4. The fraction of sp³-hybridized carbons (Fsp3) is 0.471. The molecular weight excluding hydrogens is 296 g/mol. The molecule has 3 amide bonds. The number of hydrazine groups is 1. The second-order valence-electron chi connectivity index (χ2n) is 7.08. The summed E-state index contributed by atoms with van der Waals surface area (Å²) in [6.07, 6.45) is 1.26. The normalized spacial score (nSPS) is 28.8. The van der Waals surface area contributed by atoms with Gasteiger partial charge >= 0.3 is 0 Å². The second kappa shape index (κ2) is 4.81. The van der Waals surface area contributed by atoms with Gasteiger partial charge in [-0.15, -0.1) is 0 Å². The summed E-state index contributed by atoms with van der Waals surface area (Å²) in [5.41, 5.74) is 1.28. The topological polar surface area (TPSA) is 86.7 Å². The number of phenolic OH excluding ortho intramolecular Hbond substituents is 1. The van der Waals surface area contributed by atoms with Crippen molar-refractivity contribution in [3.63, 3.8) is 0 Å². The van der Waals surface area contributed by atoms with E-state index in [1.54, 1.807) is 12.1 Å². The van der Waals surface area contributed by atoms with E-state index in [-0.39, 0.29) is 29.0 Å². The predicted molar refractivity (Wildman–Crippen MR) is 82.0 cm³/mol. The molecule has 1 aromatic rings. The van der Waals surface area contributed by atoms with E-state index in [0.29, 0.717) is 12.8 Å².